The van der Waals surface area contributed by atoms with Crippen molar-refractivity contribution in [2.45, 2.75) is 24.7 Å². The quantitative estimate of drug-likeness (QED) is 0.892. The summed E-state index contributed by atoms with van der Waals surface area (Å²) in [6, 6.07) is 7.93. The van der Waals surface area contributed by atoms with Crippen LogP contribution in [0.5, 0.6) is 0 Å². The van der Waals surface area contributed by atoms with Gasteiger partial charge in [-0.25, -0.2) is 0 Å². The van der Waals surface area contributed by atoms with Gasteiger partial charge in [-0.05, 0) is 17.5 Å². The van der Waals surface area contributed by atoms with Crippen LogP contribution in [-0.2, 0) is 20.7 Å². The Morgan fingerprint density at radius 2 is 1.86 bits per heavy atom. The predicted octanol–water partition coefficient (Wildman–Crippen LogP) is 0.746. The number of carbonyl (C=O) groups excluding carboxylic acids is 1. The Kier molecular flexibility index (Phi) is 4.24. The first-order chi connectivity index (χ1) is 10.2. The molecule has 3 atom stereocenters. The third-order valence-electron chi connectivity index (χ3n) is 4.49. The Morgan fingerprint density at radius 1 is 1.19 bits per heavy atom. The van der Waals surface area contributed by atoms with Crippen molar-refractivity contribution in [1.29, 1.82) is 0 Å². The molecule has 1 amide bonds. The maximum Gasteiger partial charge on any atom is 0.244 e. The fourth-order valence-corrected chi connectivity index (χ4v) is 3.28. The average Bonchev–Trinajstić information content (AvgIpc) is 2.97. The zero-order valence-electron chi connectivity index (χ0n) is 12.5. The molecule has 2 aliphatic rings. The lowest BCUT2D eigenvalue weighted by atomic mass is 9.93. The number of amides is 1. The normalized spacial score (nSPS) is 28.5. The summed E-state index contributed by atoms with van der Waals surface area (Å²) in [4.78, 5) is 14.7. The van der Waals surface area contributed by atoms with E-state index in [9.17, 15) is 4.79 Å². The molecule has 21 heavy (non-hydrogen) atoms. The lowest BCUT2D eigenvalue weighted by Crippen LogP contribution is -2.43. The van der Waals surface area contributed by atoms with Gasteiger partial charge in [0.05, 0.1) is 0 Å². The second-order valence-corrected chi connectivity index (χ2v) is 5.63. The van der Waals surface area contributed by atoms with Crippen molar-refractivity contribution in [3.8, 4) is 0 Å². The van der Waals surface area contributed by atoms with Gasteiger partial charge in [-0.1, -0.05) is 24.3 Å². The van der Waals surface area contributed by atoms with Crippen molar-refractivity contribution in [2.24, 2.45) is 0 Å². The number of methoxy groups -OCH3 is 2. The number of hydrogen-bond donors (Lipinski definition) is 1. The van der Waals surface area contributed by atoms with Crippen molar-refractivity contribution in [2.75, 3.05) is 33.9 Å². The summed E-state index contributed by atoms with van der Waals surface area (Å²) in [6.45, 7) is 2.02. The molecule has 1 N–H and O–H groups in total. The van der Waals surface area contributed by atoms with Gasteiger partial charge in [0.2, 0.25) is 5.91 Å². The van der Waals surface area contributed by atoms with Crippen LogP contribution in [0.1, 0.15) is 17.2 Å². The molecular weight excluding hydrogens is 268 g/mol. The van der Waals surface area contributed by atoms with E-state index < -0.39 is 0 Å². The van der Waals surface area contributed by atoms with Crippen LogP contribution in [0.25, 0.3) is 0 Å². The highest BCUT2D eigenvalue weighted by atomic mass is 16.5. The number of fused-ring (bicyclic) bond motifs is 1. The summed E-state index contributed by atoms with van der Waals surface area (Å²) in [6.07, 6.45) is 0.886. The minimum absolute atomic E-state index is 0.0437. The first-order valence-corrected chi connectivity index (χ1v) is 7.40. The van der Waals surface area contributed by atoms with Crippen molar-refractivity contribution in [1.82, 2.24) is 10.2 Å². The van der Waals surface area contributed by atoms with Crippen LogP contribution in [0.4, 0.5) is 0 Å². The zero-order valence-corrected chi connectivity index (χ0v) is 12.5. The van der Waals surface area contributed by atoms with Crippen LogP contribution in [-0.4, -0.2) is 56.9 Å². The van der Waals surface area contributed by atoms with E-state index >= 15 is 0 Å². The van der Waals surface area contributed by atoms with Crippen molar-refractivity contribution >= 4 is 5.91 Å². The number of nitrogens with one attached hydrogen (secondary N) is 1. The summed E-state index contributed by atoms with van der Waals surface area (Å²) in [5, 5.41) is 3.34. The summed E-state index contributed by atoms with van der Waals surface area (Å²) in [5.74, 6) is 0.115. The Morgan fingerprint density at radius 3 is 2.52 bits per heavy atom. The van der Waals surface area contributed by atoms with E-state index in [2.05, 4.69) is 11.4 Å². The van der Waals surface area contributed by atoms with E-state index in [0.717, 1.165) is 18.5 Å². The molecule has 3 rings (SSSR count). The van der Waals surface area contributed by atoms with Gasteiger partial charge in [-0.15, -0.1) is 0 Å². The lowest BCUT2D eigenvalue weighted by Gasteiger charge is -2.29. The van der Waals surface area contributed by atoms with Gasteiger partial charge in [0.25, 0.3) is 0 Å². The molecule has 5 heteroatoms. The van der Waals surface area contributed by atoms with Crippen LogP contribution in [0.2, 0.25) is 0 Å². The minimum Gasteiger partial charge on any atom is -0.377 e. The Bertz CT molecular complexity index is 508. The zero-order chi connectivity index (χ0) is 14.8. The monoisotopic (exact) mass is 290 g/mol. The Labute approximate surface area is 125 Å². The van der Waals surface area contributed by atoms with Crippen LogP contribution in [0.15, 0.2) is 24.3 Å². The predicted molar refractivity (Wildman–Crippen MR) is 79.1 cm³/mol. The number of benzene rings is 1. The summed E-state index contributed by atoms with van der Waals surface area (Å²) in [7, 11) is 3.33. The first kappa shape index (κ1) is 14.5. The fraction of sp³-hybridized carbons (Fsp3) is 0.562. The molecule has 114 valence electrons. The number of rotatable bonds is 3. The van der Waals surface area contributed by atoms with E-state index in [1.807, 2.05) is 23.1 Å². The molecule has 1 aromatic rings. The van der Waals surface area contributed by atoms with Crippen molar-refractivity contribution in [3.63, 3.8) is 0 Å². The molecule has 5 nitrogen and oxygen atoms in total. The average molecular weight is 290 g/mol. The molecule has 3 unspecified atom stereocenters. The highest BCUT2D eigenvalue weighted by Gasteiger charge is 2.39. The highest BCUT2D eigenvalue weighted by molar-refractivity contribution is 5.84. The SMILES string of the molecule is COC1CN(C(=O)C2NCCc3ccccc32)CC1OC. The molecule has 0 spiro atoms. The van der Waals surface area contributed by atoms with Crippen LogP contribution < -0.4 is 5.32 Å². The highest BCUT2D eigenvalue weighted by Crippen LogP contribution is 2.26. The van der Waals surface area contributed by atoms with Crippen molar-refractivity contribution < 1.29 is 14.3 Å². The van der Waals surface area contributed by atoms with Gasteiger partial charge in [0.1, 0.15) is 18.2 Å². The number of likely N-dealkylation sites (tertiary alicyclic amines) is 1. The lowest BCUT2D eigenvalue weighted by molar-refractivity contribution is -0.133. The van der Waals surface area contributed by atoms with Gasteiger partial charge in [0.15, 0.2) is 0 Å². The first-order valence-electron chi connectivity index (χ1n) is 7.40. The summed E-state index contributed by atoms with van der Waals surface area (Å²) in [5.41, 5.74) is 2.36. The van der Waals surface area contributed by atoms with Gasteiger partial charge < -0.3 is 19.7 Å². The Balaban J connectivity index is 1.78. The van der Waals surface area contributed by atoms with Crippen LogP contribution >= 0.6 is 0 Å². The second kappa shape index (κ2) is 6.13. The van der Waals surface area contributed by atoms with Gasteiger partial charge in [-0.3, -0.25) is 4.79 Å². The van der Waals surface area contributed by atoms with E-state index in [4.69, 9.17) is 9.47 Å². The van der Waals surface area contributed by atoms with Crippen molar-refractivity contribution in [3.05, 3.63) is 35.4 Å². The van der Waals surface area contributed by atoms with Crippen LogP contribution in [0, 0.1) is 0 Å². The summed E-state index contributed by atoms with van der Waals surface area (Å²) >= 11 is 0. The Hall–Kier alpha value is -1.43. The second-order valence-electron chi connectivity index (χ2n) is 5.63. The maximum atomic E-state index is 12.8. The number of ether oxygens (including phenoxy) is 2. The van der Waals surface area contributed by atoms with E-state index in [1.165, 1.54) is 5.56 Å². The largest absolute Gasteiger partial charge is 0.377 e. The van der Waals surface area contributed by atoms with Gasteiger partial charge in [-0.2, -0.15) is 0 Å². The maximum absolute atomic E-state index is 12.8. The van der Waals surface area contributed by atoms with Gasteiger partial charge in [0, 0.05) is 33.9 Å². The minimum atomic E-state index is -0.247. The topological polar surface area (TPSA) is 50.8 Å². The van der Waals surface area contributed by atoms with Gasteiger partial charge >= 0.3 is 0 Å². The number of nitrogens with zero attached hydrogens (tertiary/aromatic N) is 1. The van der Waals surface area contributed by atoms with E-state index in [-0.39, 0.29) is 24.2 Å². The molecule has 1 aromatic carbocycles. The molecule has 2 heterocycles. The number of hydrogen-bond acceptors (Lipinski definition) is 4. The molecule has 0 radical (unpaired) electrons. The molecule has 0 saturated carbocycles. The molecule has 0 aliphatic carbocycles. The molecular formula is C16H22N2O3. The molecule has 0 bridgehead atoms. The smallest absolute Gasteiger partial charge is 0.244 e. The third kappa shape index (κ3) is 2.69. The van der Waals surface area contributed by atoms with E-state index in [0.29, 0.717) is 13.1 Å². The molecule has 2 aliphatic heterocycles. The number of carbonyl (C=O) groups is 1. The molecule has 0 aromatic heterocycles. The fourth-order valence-electron chi connectivity index (χ4n) is 3.28. The molecule has 1 saturated heterocycles. The molecule has 1 fully saturated rings. The third-order valence-corrected chi connectivity index (χ3v) is 4.49. The van der Waals surface area contributed by atoms with Crippen LogP contribution in [0.3, 0.4) is 0 Å². The summed E-state index contributed by atoms with van der Waals surface area (Å²) < 4.78 is 10.8. The standard InChI is InChI=1S/C16H22N2O3/c1-20-13-9-18(10-14(13)21-2)16(19)15-12-6-4-3-5-11(12)7-8-17-15/h3-6,13-15,17H,7-10H2,1-2H3. The van der Waals surface area contributed by atoms with E-state index in [1.54, 1.807) is 14.2 Å².